The molecule has 0 unspecified atom stereocenters. The molecule has 0 aliphatic heterocycles. The molecule has 140 valence electrons. The van der Waals surface area contributed by atoms with Crippen molar-refractivity contribution in [1.29, 1.82) is 0 Å². The molecule has 1 aliphatic carbocycles. The largest absolute Gasteiger partial charge is 0.338 e. The first-order valence-electron chi connectivity index (χ1n) is 9.57. The molecule has 0 atom stereocenters. The molecule has 7 nitrogen and oxygen atoms in total. The second-order valence-corrected chi connectivity index (χ2v) is 6.90. The minimum Gasteiger partial charge on any atom is -0.338 e. The van der Waals surface area contributed by atoms with E-state index in [1.165, 1.54) is 12.8 Å². The molecule has 3 aromatic heterocycles. The zero-order valence-corrected chi connectivity index (χ0v) is 15.3. The number of nitrogens with zero attached hydrogens (tertiary/aromatic N) is 4. The lowest BCUT2D eigenvalue weighted by atomic mass is 10.2. The molecule has 4 rings (SSSR count). The summed E-state index contributed by atoms with van der Waals surface area (Å²) >= 11 is 0. The van der Waals surface area contributed by atoms with E-state index in [-0.39, 0.29) is 6.03 Å². The molecule has 27 heavy (non-hydrogen) atoms. The van der Waals surface area contributed by atoms with Crippen molar-refractivity contribution in [2.45, 2.75) is 44.7 Å². The van der Waals surface area contributed by atoms with Crippen LogP contribution >= 0.6 is 0 Å². The number of fused-ring (bicyclic) bond motifs is 1. The van der Waals surface area contributed by atoms with Crippen LogP contribution in [0.5, 0.6) is 0 Å². The van der Waals surface area contributed by atoms with E-state index in [4.69, 9.17) is 4.98 Å². The van der Waals surface area contributed by atoms with E-state index in [0.717, 1.165) is 48.4 Å². The molecule has 7 heteroatoms. The Labute approximate surface area is 158 Å². The number of pyridine rings is 2. The number of urea groups is 1. The van der Waals surface area contributed by atoms with Crippen molar-refractivity contribution in [2.24, 2.45) is 0 Å². The number of aromatic nitrogens is 4. The number of nitrogens with one attached hydrogen (secondary N) is 2. The number of rotatable bonds is 6. The second-order valence-electron chi connectivity index (χ2n) is 6.90. The van der Waals surface area contributed by atoms with Gasteiger partial charge in [-0.1, -0.05) is 12.8 Å². The Bertz CT molecular complexity index is 901. The quantitative estimate of drug-likeness (QED) is 0.658. The SMILES string of the molecule is O=C(NCCCn1c(-c2ccncc2)nc2cccnc21)NC1CCCC1. The highest BCUT2D eigenvalue weighted by atomic mass is 16.2. The number of carbonyl (C=O) groups excluding carboxylic acids is 1. The molecule has 0 aromatic carbocycles. The van der Waals surface area contributed by atoms with Crippen LogP contribution in [0.3, 0.4) is 0 Å². The molecule has 3 aromatic rings. The Morgan fingerprint density at radius 2 is 1.96 bits per heavy atom. The first kappa shape index (κ1) is 17.5. The third-order valence-corrected chi connectivity index (χ3v) is 4.98. The monoisotopic (exact) mass is 364 g/mol. The Morgan fingerprint density at radius 1 is 1.15 bits per heavy atom. The van der Waals surface area contributed by atoms with Gasteiger partial charge in [0.1, 0.15) is 11.3 Å². The van der Waals surface area contributed by atoms with Gasteiger partial charge in [-0.15, -0.1) is 0 Å². The molecule has 1 fully saturated rings. The highest BCUT2D eigenvalue weighted by Crippen LogP contribution is 2.23. The van der Waals surface area contributed by atoms with Crippen LogP contribution in [0.2, 0.25) is 0 Å². The highest BCUT2D eigenvalue weighted by molar-refractivity contribution is 5.77. The molecule has 2 amide bonds. The van der Waals surface area contributed by atoms with Gasteiger partial charge in [-0.25, -0.2) is 14.8 Å². The van der Waals surface area contributed by atoms with Gasteiger partial charge in [-0.05, 0) is 43.5 Å². The second kappa shape index (κ2) is 8.16. The molecule has 1 aliphatic rings. The van der Waals surface area contributed by atoms with Crippen LogP contribution in [0.1, 0.15) is 32.1 Å². The van der Waals surface area contributed by atoms with E-state index in [1.807, 2.05) is 24.3 Å². The first-order valence-corrected chi connectivity index (χ1v) is 9.57. The standard InChI is InChI=1S/C20H24N6O/c27-20(24-16-5-1-2-6-16)23-11-4-14-26-18(15-8-12-21-13-9-15)25-17-7-3-10-22-19(17)26/h3,7-10,12-13,16H,1-2,4-6,11,14H2,(H2,23,24,27). The van der Waals surface area contributed by atoms with Crippen molar-refractivity contribution >= 4 is 17.2 Å². The summed E-state index contributed by atoms with van der Waals surface area (Å²) in [7, 11) is 0. The number of imidazole rings is 1. The fourth-order valence-corrected chi connectivity index (χ4v) is 3.64. The van der Waals surface area contributed by atoms with E-state index in [1.54, 1.807) is 18.6 Å². The number of amides is 2. The molecule has 0 bridgehead atoms. The van der Waals surface area contributed by atoms with Gasteiger partial charge in [-0.2, -0.15) is 0 Å². The summed E-state index contributed by atoms with van der Waals surface area (Å²) in [5.74, 6) is 0.876. The van der Waals surface area contributed by atoms with Gasteiger partial charge in [0.25, 0.3) is 0 Å². The van der Waals surface area contributed by atoms with Gasteiger partial charge in [0.15, 0.2) is 5.65 Å². The zero-order valence-electron chi connectivity index (χ0n) is 15.3. The van der Waals surface area contributed by atoms with E-state index in [9.17, 15) is 4.79 Å². The molecular formula is C20H24N6O. The van der Waals surface area contributed by atoms with Gasteiger partial charge in [0.2, 0.25) is 0 Å². The summed E-state index contributed by atoms with van der Waals surface area (Å²) in [6, 6.07) is 8.03. The van der Waals surface area contributed by atoms with Crippen LogP contribution in [-0.4, -0.2) is 38.1 Å². The van der Waals surface area contributed by atoms with Gasteiger partial charge in [0, 0.05) is 43.3 Å². The maximum atomic E-state index is 12.0. The average Bonchev–Trinajstić information content (AvgIpc) is 3.34. The predicted molar refractivity (Wildman–Crippen MR) is 104 cm³/mol. The third kappa shape index (κ3) is 4.07. The first-order chi connectivity index (χ1) is 13.3. The van der Waals surface area contributed by atoms with Crippen LogP contribution in [-0.2, 0) is 6.54 Å². The predicted octanol–water partition coefficient (Wildman–Crippen LogP) is 3.13. The van der Waals surface area contributed by atoms with E-state index < -0.39 is 0 Å². The summed E-state index contributed by atoms with van der Waals surface area (Å²) in [5.41, 5.74) is 2.74. The van der Waals surface area contributed by atoms with E-state index in [0.29, 0.717) is 12.6 Å². The van der Waals surface area contributed by atoms with Crippen molar-refractivity contribution in [3.05, 3.63) is 42.9 Å². The number of carbonyl (C=O) groups is 1. The Balaban J connectivity index is 1.41. The average molecular weight is 364 g/mol. The van der Waals surface area contributed by atoms with Crippen LogP contribution in [0.4, 0.5) is 4.79 Å². The van der Waals surface area contributed by atoms with Gasteiger partial charge in [-0.3, -0.25) is 4.98 Å². The molecule has 2 N–H and O–H groups in total. The molecule has 0 spiro atoms. The third-order valence-electron chi connectivity index (χ3n) is 4.98. The highest BCUT2D eigenvalue weighted by Gasteiger charge is 2.17. The Kier molecular flexibility index (Phi) is 5.27. The maximum Gasteiger partial charge on any atom is 0.315 e. The van der Waals surface area contributed by atoms with Crippen molar-refractivity contribution in [1.82, 2.24) is 30.2 Å². The fraction of sp³-hybridized carbons (Fsp3) is 0.400. The summed E-state index contributed by atoms with van der Waals surface area (Å²) < 4.78 is 2.11. The zero-order chi connectivity index (χ0) is 18.5. The molecule has 0 saturated heterocycles. The topological polar surface area (TPSA) is 84.7 Å². The summed E-state index contributed by atoms with van der Waals surface area (Å²) in [5, 5.41) is 6.02. The molecule has 1 saturated carbocycles. The van der Waals surface area contributed by atoms with Crippen molar-refractivity contribution < 1.29 is 4.79 Å². The molecule has 0 radical (unpaired) electrons. The van der Waals surface area contributed by atoms with Crippen LogP contribution in [0.15, 0.2) is 42.9 Å². The van der Waals surface area contributed by atoms with Gasteiger partial charge in [0.05, 0.1) is 0 Å². The van der Waals surface area contributed by atoms with Crippen LogP contribution < -0.4 is 10.6 Å². The number of hydrogen-bond donors (Lipinski definition) is 2. The number of aryl methyl sites for hydroxylation is 1. The summed E-state index contributed by atoms with van der Waals surface area (Å²) in [6.45, 7) is 1.34. The Hall–Kier alpha value is -2.96. The lowest BCUT2D eigenvalue weighted by Gasteiger charge is -2.13. The van der Waals surface area contributed by atoms with Crippen molar-refractivity contribution in [2.75, 3.05) is 6.54 Å². The Morgan fingerprint density at radius 3 is 2.78 bits per heavy atom. The maximum absolute atomic E-state index is 12.0. The lowest BCUT2D eigenvalue weighted by Crippen LogP contribution is -2.41. The van der Waals surface area contributed by atoms with Crippen molar-refractivity contribution in [3.63, 3.8) is 0 Å². The number of hydrogen-bond acceptors (Lipinski definition) is 4. The fourth-order valence-electron chi connectivity index (χ4n) is 3.64. The lowest BCUT2D eigenvalue weighted by molar-refractivity contribution is 0.237. The van der Waals surface area contributed by atoms with Crippen molar-refractivity contribution in [3.8, 4) is 11.4 Å². The van der Waals surface area contributed by atoms with Gasteiger partial charge < -0.3 is 15.2 Å². The minimum atomic E-state index is -0.0649. The molecular weight excluding hydrogens is 340 g/mol. The van der Waals surface area contributed by atoms with E-state index >= 15 is 0 Å². The summed E-state index contributed by atoms with van der Waals surface area (Å²) in [6.07, 6.45) is 10.7. The minimum absolute atomic E-state index is 0.0649. The van der Waals surface area contributed by atoms with Gasteiger partial charge >= 0.3 is 6.03 Å². The van der Waals surface area contributed by atoms with Crippen LogP contribution in [0.25, 0.3) is 22.6 Å². The van der Waals surface area contributed by atoms with E-state index in [2.05, 4.69) is 25.2 Å². The normalized spacial score (nSPS) is 14.5. The van der Waals surface area contributed by atoms with Crippen LogP contribution in [0, 0.1) is 0 Å². The smallest absolute Gasteiger partial charge is 0.315 e. The summed E-state index contributed by atoms with van der Waals surface area (Å²) in [4.78, 5) is 25.3. The molecule has 3 heterocycles.